The van der Waals surface area contributed by atoms with Crippen molar-refractivity contribution in [1.82, 2.24) is 5.10 Å². The summed E-state index contributed by atoms with van der Waals surface area (Å²) in [6, 6.07) is 37.3. The Morgan fingerprint density at radius 3 is 1.90 bits per heavy atom. The summed E-state index contributed by atoms with van der Waals surface area (Å²) in [6.45, 7) is 0. The molecule has 0 spiro atoms. The Morgan fingerprint density at radius 2 is 1.27 bits per heavy atom. The second-order valence-corrected chi connectivity index (χ2v) is 7.09. The van der Waals surface area contributed by atoms with Crippen LogP contribution in [0, 0.1) is 0 Å². The van der Waals surface area contributed by atoms with Crippen LogP contribution in [-0.2, 0) is 0 Å². The van der Waals surface area contributed by atoms with Crippen molar-refractivity contribution in [2.24, 2.45) is 0 Å². The van der Waals surface area contributed by atoms with Gasteiger partial charge in [-0.15, -0.1) is 0 Å². The van der Waals surface area contributed by atoms with Gasteiger partial charge in [0.1, 0.15) is 11.3 Å². The van der Waals surface area contributed by atoms with Gasteiger partial charge >= 0.3 is 0 Å². The largest absolute Gasteiger partial charge is 0.497 e. The minimum Gasteiger partial charge on any atom is -0.497 e. The Bertz CT molecular complexity index is 1300. The molecule has 3 nitrogen and oxygen atoms in total. The van der Waals surface area contributed by atoms with Crippen LogP contribution in [0.3, 0.4) is 0 Å². The predicted octanol–water partition coefficient (Wildman–Crippen LogP) is 5.85. The Hall–Kier alpha value is -3.98. The zero-order valence-electron chi connectivity index (χ0n) is 16.7. The molecule has 0 aliphatic rings. The van der Waals surface area contributed by atoms with E-state index < -0.39 is 0 Å². The van der Waals surface area contributed by atoms with Gasteiger partial charge in [0, 0.05) is 28.2 Å². The maximum absolute atomic E-state index is 5.54. The van der Waals surface area contributed by atoms with E-state index >= 15 is 0 Å². The highest BCUT2D eigenvalue weighted by Gasteiger charge is 2.27. The molecular weight excluding hydrogens is 368 g/mol. The molecule has 0 saturated carbocycles. The van der Waals surface area contributed by atoms with Gasteiger partial charge in [0.15, 0.2) is 0 Å². The summed E-state index contributed by atoms with van der Waals surface area (Å²) in [5.74, 6) is 0.818. The van der Waals surface area contributed by atoms with Crippen LogP contribution in [0.15, 0.2) is 109 Å². The van der Waals surface area contributed by atoms with Gasteiger partial charge in [-0.1, -0.05) is 66.7 Å². The van der Waals surface area contributed by atoms with E-state index in [1.54, 1.807) is 7.11 Å². The van der Waals surface area contributed by atoms with Gasteiger partial charge in [-0.3, -0.25) is 0 Å². The lowest BCUT2D eigenvalue weighted by Gasteiger charge is -2.12. The maximum atomic E-state index is 5.54. The summed E-state index contributed by atoms with van der Waals surface area (Å²) >= 11 is 0. The van der Waals surface area contributed by atoms with Crippen molar-refractivity contribution < 1.29 is 9.42 Å². The highest BCUT2D eigenvalue weighted by atomic mass is 16.5. The molecule has 0 amide bonds. The second-order valence-electron chi connectivity index (χ2n) is 7.09. The van der Waals surface area contributed by atoms with Gasteiger partial charge < -0.3 is 4.74 Å². The molecule has 5 rings (SSSR count). The third-order valence-corrected chi connectivity index (χ3v) is 5.24. The lowest BCUT2D eigenvalue weighted by Crippen LogP contribution is -2.38. The quantitative estimate of drug-likeness (QED) is 0.360. The number of hydrogen-bond acceptors (Lipinski definition) is 2. The second kappa shape index (κ2) is 7.80. The van der Waals surface area contributed by atoms with Crippen molar-refractivity contribution in [3.8, 4) is 33.8 Å². The Balaban J connectivity index is 1.97. The maximum Gasteiger partial charge on any atom is 0.254 e. The Labute approximate surface area is 175 Å². The van der Waals surface area contributed by atoms with Crippen LogP contribution in [0.5, 0.6) is 5.75 Å². The first-order valence-electron chi connectivity index (χ1n) is 9.95. The number of rotatable bonds is 4. The molecule has 0 atom stereocenters. The first-order chi connectivity index (χ1) is 14.8. The van der Waals surface area contributed by atoms with Gasteiger partial charge in [0.05, 0.1) is 12.7 Å². The monoisotopic (exact) mass is 389 g/mol. The zero-order chi connectivity index (χ0) is 20.3. The molecule has 1 aromatic heterocycles. The molecule has 144 valence electrons. The summed E-state index contributed by atoms with van der Waals surface area (Å²) < 4.78 is 7.59. The number of nitrogens with zero attached hydrogens (tertiary/aromatic N) is 2. The minimum atomic E-state index is 0.818. The summed E-state index contributed by atoms with van der Waals surface area (Å²) in [6.07, 6.45) is 0. The molecule has 0 unspecified atom stereocenters. The van der Waals surface area contributed by atoms with Crippen LogP contribution < -0.4 is 9.42 Å². The molecule has 5 aromatic rings. The summed E-state index contributed by atoms with van der Waals surface area (Å²) in [4.78, 5) is 0. The summed E-state index contributed by atoms with van der Waals surface area (Å²) in [7, 11) is 1.70. The molecule has 0 radical (unpaired) electrons. The number of para-hydroxylation sites is 1. The molecular formula is C27H21N2O+. The smallest absolute Gasteiger partial charge is 0.254 e. The molecule has 0 fully saturated rings. The van der Waals surface area contributed by atoms with Gasteiger partial charge in [-0.05, 0) is 40.6 Å². The lowest BCUT2D eigenvalue weighted by molar-refractivity contribution is -0.645. The standard InChI is InChI=1S/C27H21N2O/c1-30-23-17-18-25-24(19-23)26(20-11-5-2-6-12-20)27(21-13-7-3-8-14-21)29(28-25)22-15-9-4-10-16-22/h2-19H,1H3/q+1. The first-order valence-corrected chi connectivity index (χ1v) is 9.95. The Kier molecular flexibility index (Phi) is 4.70. The van der Waals surface area contributed by atoms with E-state index in [0.717, 1.165) is 44.7 Å². The number of ether oxygens (including phenoxy) is 1. The summed E-state index contributed by atoms with van der Waals surface area (Å²) in [5, 5.41) is 6.11. The van der Waals surface area contributed by atoms with Crippen molar-refractivity contribution >= 4 is 10.9 Å². The van der Waals surface area contributed by atoms with Crippen LogP contribution in [-0.4, -0.2) is 12.2 Å². The molecule has 0 aliphatic heterocycles. The van der Waals surface area contributed by atoms with E-state index in [9.17, 15) is 0 Å². The van der Waals surface area contributed by atoms with Crippen molar-refractivity contribution in [3.63, 3.8) is 0 Å². The lowest BCUT2D eigenvalue weighted by atomic mass is 9.95. The first kappa shape index (κ1) is 18.1. The molecule has 1 heterocycles. The fourth-order valence-electron chi connectivity index (χ4n) is 3.84. The molecule has 30 heavy (non-hydrogen) atoms. The van der Waals surface area contributed by atoms with Crippen molar-refractivity contribution in [3.05, 3.63) is 109 Å². The van der Waals surface area contributed by atoms with Gasteiger partial charge in [0.2, 0.25) is 5.69 Å². The van der Waals surface area contributed by atoms with Crippen LogP contribution in [0.4, 0.5) is 0 Å². The van der Waals surface area contributed by atoms with E-state index in [4.69, 9.17) is 9.84 Å². The number of aromatic nitrogens is 2. The SMILES string of the molecule is COc1ccc2n[n+](-c3ccccc3)c(-c3ccccc3)c(-c3ccccc3)c2c1. The predicted molar refractivity (Wildman–Crippen MR) is 121 cm³/mol. The van der Waals surface area contributed by atoms with E-state index in [2.05, 4.69) is 66.7 Å². The zero-order valence-corrected chi connectivity index (χ0v) is 16.7. The van der Waals surface area contributed by atoms with Crippen molar-refractivity contribution in [1.29, 1.82) is 0 Å². The van der Waals surface area contributed by atoms with Crippen LogP contribution in [0.2, 0.25) is 0 Å². The number of methoxy groups -OCH3 is 1. The van der Waals surface area contributed by atoms with E-state index in [-0.39, 0.29) is 0 Å². The average Bonchev–Trinajstić information content (AvgIpc) is 2.84. The third kappa shape index (κ3) is 3.20. The molecule has 4 aromatic carbocycles. The number of hydrogen-bond donors (Lipinski definition) is 0. The number of fused-ring (bicyclic) bond motifs is 1. The van der Waals surface area contributed by atoms with E-state index in [0.29, 0.717) is 0 Å². The van der Waals surface area contributed by atoms with Gasteiger partial charge in [-0.2, -0.15) is 0 Å². The molecule has 0 N–H and O–H groups in total. The van der Waals surface area contributed by atoms with E-state index in [1.807, 2.05) is 47.1 Å². The molecule has 0 saturated heterocycles. The molecule has 3 heteroatoms. The highest BCUT2D eigenvalue weighted by Crippen LogP contribution is 2.36. The van der Waals surface area contributed by atoms with Gasteiger partial charge in [0.25, 0.3) is 5.69 Å². The fourth-order valence-corrected chi connectivity index (χ4v) is 3.84. The van der Waals surface area contributed by atoms with Crippen molar-refractivity contribution in [2.75, 3.05) is 7.11 Å². The average molecular weight is 389 g/mol. The van der Waals surface area contributed by atoms with Crippen LogP contribution in [0.25, 0.3) is 39.0 Å². The van der Waals surface area contributed by atoms with Crippen molar-refractivity contribution in [2.45, 2.75) is 0 Å². The molecule has 0 aliphatic carbocycles. The normalized spacial score (nSPS) is 10.8. The topological polar surface area (TPSA) is 26.0 Å². The highest BCUT2D eigenvalue weighted by molar-refractivity contribution is 6.00. The van der Waals surface area contributed by atoms with Crippen LogP contribution >= 0.6 is 0 Å². The third-order valence-electron chi connectivity index (χ3n) is 5.24. The molecule has 0 bridgehead atoms. The number of benzene rings is 4. The fraction of sp³-hybridized carbons (Fsp3) is 0.0370. The Morgan fingerprint density at radius 1 is 0.667 bits per heavy atom. The van der Waals surface area contributed by atoms with Gasteiger partial charge in [-0.25, -0.2) is 0 Å². The minimum absolute atomic E-state index is 0.818. The van der Waals surface area contributed by atoms with Crippen LogP contribution in [0.1, 0.15) is 0 Å². The summed E-state index contributed by atoms with van der Waals surface area (Å²) in [5.41, 5.74) is 6.37. The van der Waals surface area contributed by atoms with E-state index in [1.165, 1.54) is 0 Å².